The predicted molar refractivity (Wildman–Crippen MR) is 38.6 cm³/mol. The first-order chi connectivity index (χ1) is 5.49. The van der Waals surface area contributed by atoms with Crippen LogP contribution in [0.5, 0.6) is 0 Å². The van der Waals surface area contributed by atoms with Crippen LogP contribution < -0.4 is 0 Å². The molecule has 2 atom stereocenters. The van der Waals surface area contributed by atoms with Gasteiger partial charge in [-0.05, 0) is 18.8 Å². The van der Waals surface area contributed by atoms with Crippen LogP contribution in [0.1, 0.15) is 32.6 Å². The van der Waals surface area contributed by atoms with Crippen molar-refractivity contribution in [3.05, 3.63) is 0 Å². The summed E-state index contributed by atoms with van der Waals surface area (Å²) in [5.74, 6) is 0.0420. The van der Waals surface area contributed by atoms with Crippen molar-refractivity contribution in [2.24, 2.45) is 5.92 Å². The van der Waals surface area contributed by atoms with Gasteiger partial charge in [0.2, 0.25) is 0 Å². The molecule has 1 aliphatic carbocycles. The molecule has 1 rings (SSSR count). The molecule has 1 aliphatic rings. The molecule has 2 unspecified atom stereocenters. The molecular formula is C8H13F3O. The fourth-order valence-corrected chi connectivity index (χ4v) is 1.63. The third-order valence-corrected chi connectivity index (χ3v) is 2.32. The van der Waals surface area contributed by atoms with Crippen LogP contribution in [-0.2, 0) is 4.74 Å². The van der Waals surface area contributed by atoms with E-state index in [1.807, 2.05) is 6.92 Å². The van der Waals surface area contributed by atoms with Crippen molar-refractivity contribution in [3.8, 4) is 0 Å². The van der Waals surface area contributed by atoms with Crippen molar-refractivity contribution < 1.29 is 17.9 Å². The fourth-order valence-electron chi connectivity index (χ4n) is 1.63. The van der Waals surface area contributed by atoms with Gasteiger partial charge in [0.05, 0.1) is 6.10 Å². The van der Waals surface area contributed by atoms with Gasteiger partial charge in [-0.15, -0.1) is 13.2 Å². The average molecular weight is 182 g/mol. The number of alkyl halides is 3. The van der Waals surface area contributed by atoms with Crippen molar-refractivity contribution in [2.45, 2.75) is 45.1 Å². The topological polar surface area (TPSA) is 9.23 Å². The molecule has 12 heavy (non-hydrogen) atoms. The Balaban J connectivity index is 2.39. The van der Waals surface area contributed by atoms with Gasteiger partial charge in [0.25, 0.3) is 0 Å². The highest BCUT2D eigenvalue weighted by molar-refractivity contribution is 4.72. The largest absolute Gasteiger partial charge is 0.522 e. The minimum absolute atomic E-state index is 0.0420. The Labute approximate surface area is 69.9 Å². The summed E-state index contributed by atoms with van der Waals surface area (Å²) in [6, 6.07) is 0. The molecule has 1 saturated carbocycles. The van der Waals surface area contributed by atoms with Crippen molar-refractivity contribution in [2.75, 3.05) is 0 Å². The molecule has 0 N–H and O–H groups in total. The molecule has 0 aliphatic heterocycles. The molecule has 0 amide bonds. The van der Waals surface area contributed by atoms with Gasteiger partial charge in [0, 0.05) is 0 Å². The minimum Gasteiger partial charge on any atom is -0.288 e. The van der Waals surface area contributed by atoms with Gasteiger partial charge < -0.3 is 0 Å². The second-order valence-electron chi connectivity index (χ2n) is 3.36. The summed E-state index contributed by atoms with van der Waals surface area (Å²) in [5, 5.41) is 0. The predicted octanol–water partition coefficient (Wildman–Crippen LogP) is 3.10. The first kappa shape index (κ1) is 9.84. The summed E-state index contributed by atoms with van der Waals surface area (Å²) in [6.45, 7) is 1.82. The summed E-state index contributed by atoms with van der Waals surface area (Å²) in [6.07, 6.45) is -1.81. The van der Waals surface area contributed by atoms with Crippen LogP contribution in [0.25, 0.3) is 0 Å². The first-order valence-electron chi connectivity index (χ1n) is 4.23. The monoisotopic (exact) mass is 182 g/mol. The zero-order valence-corrected chi connectivity index (χ0v) is 7.03. The normalized spacial score (nSPS) is 32.0. The summed E-state index contributed by atoms with van der Waals surface area (Å²) in [7, 11) is 0. The van der Waals surface area contributed by atoms with Crippen molar-refractivity contribution >= 4 is 0 Å². The van der Waals surface area contributed by atoms with Gasteiger partial charge in [-0.25, -0.2) is 0 Å². The van der Waals surface area contributed by atoms with E-state index in [1.54, 1.807) is 0 Å². The zero-order valence-electron chi connectivity index (χ0n) is 7.03. The van der Waals surface area contributed by atoms with Gasteiger partial charge in [-0.2, -0.15) is 0 Å². The number of hydrogen-bond acceptors (Lipinski definition) is 1. The van der Waals surface area contributed by atoms with Crippen molar-refractivity contribution in [1.82, 2.24) is 0 Å². The van der Waals surface area contributed by atoms with Crippen LogP contribution in [0.3, 0.4) is 0 Å². The van der Waals surface area contributed by atoms with E-state index in [-0.39, 0.29) is 5.92 Å². The van der Waals surface area contributed by atoms with Gasteiger partial charge >= 0.3 is 6.36 Å². The second kappa shape index (κ2) is 3.64. The third-order valence-electron chi connectivity index (χ3n) is 2.32. The summed E-state index contributed by atoms with van der Waals surface area (Å²) < 4.78 is 39.4. The van der Waals surface area contributed by atoms with Crippen molar-refractivity contribution in [3.63, 3.8) is 0 Å². The quantitative estimate of drug-likeness (QED) is 0.605. The highest BCUT2D eigenvalue weighted by Crippen LogP contribution is 2.31. The van der Waals surface area contributed by atoms with E-state index in [2.05, 4.69) is 4.74 Å². The summed E-state index contributed by atoms with van der Waals surface area (Å²) in [5.41, 5.74) is 0. The number of rotatable bonds is 1. The van der Waals surface area contributed by atoms with E-state index in [1.165, 1.54) is 0 Å². The SMILES string of the molecule is CC1CCCCC1OC(F)(F)F. The van der Waals surface area contributed by atoms with Gasteiger partial charge in [0.15, 0.2) is 0 Å². The summed E-state index contributed by atoms with van der Waals surface area (Å²) >= 11 is 0. The molecular weight excluding hydrogens is 169 g/mol. The van der Waals surface area contributed by atoms with Crippen LogP contribution in [0.2, 0.25) is 0 Å². The lowest BCUT2D eigenvalue weighted by molar-refractivity contribution is -0.350. The van der Waals surface area contributed by atoms with Crippen LogP contribution >= 0.6 is 0 Å². The standard InChI is InChI=1S/C8H13F3O/c1-6-4-2-3-5-7(6)12-8(9,10)11/h6-7H,2-5H2,1H3. The van der Waals surface area contributed by atoms with Gasteiger partial charge in [-0.1, -0.05) is 19.8 Å². The molecule has 0 aromatic rings. The molecule has 0 aromatic heterocycles. The molecule has 4 heteroatoms. The Kier molecular flexibility index (Phi) is 2.99. The van der Waals surface area contributed by atoms with E-state index < -0.39 is 12.5 Å². The Bertz CT molecular complexity index is 144. The number of hydrogen-bond donors (Lipinski definition) is 0. The van der Waals surface area contributed by atoms with Gasteiger partial charge in [0.1, 0.15) is 0 Å². The lowest BCUT2D eigenvalue weighted by Gasteiger charge is -2.29. The minimum atomic E-state index is -4.46. The maximum absolute atomic E-state index is 11.8. The Morgan fingerprint density at radius 1 is 1.17 bits per heavy atom. The Morgan fingerprint density at radius 3 is 2.25 bits per heavy atom. The molecule has 0 radical (unpaired) electrons. The van der Waals surface area contributed by atoms with Crippen molar-refractivity contribution in [1.29, 1.82) is 0 Å². The lowest BCUT2D eigenvalue weighted by atomic mass is 9.88. The lowest BCUT2D eigenvalue weighted by Crippen LogP contribution is -2.31. The van der Waals surface area contributed by atoms with Crippen LogP contribution in [0, 0.1) is 5.92 Å². The zero-order chi connectivity index (χ0) is 9.19. The molecule has 1 nitrogen and oxygen atoms in total. The van der Waals surface area contributed by atoms with E-state index in [0.29, 0.717) is 6.42 Å². The van der Waals surface area contributed by atoms with Crippen LogP contribution in [0.15, 0.2) is 0 Å². The highest BCUT2D eigenvalue weighted by atomic mass is 19.4. The van der Waals surface area contributed by atoms with E-state index in [4.69, 9.17) is 0 Å². The average Bonchev–Trinajstić information content (AvgIpc) is 1.91. The third kappa shape index (κ3) is 3.01. The van der Waals surface area contributed by atoms with E-state index in [0.717, 1.165) is 19.3 Å². The van der Waals surface area contributed by atoms with E-state index >= 15 is 0 Å². The van der Waals surface area contributed by atoms with E-state index in [9.17, 15) is 13.2 Å². The molecule has 0 aromatic carbocycles. The maximum atomic E-state index is 11.8. The highest BCUT2D eigenvalue weighted by Gasteiger charge is 2.36. The maximum Gasteiger partial charge on any atom is 0.522 e. The Hall–Kier alpha value is -0.250. The molecule has 1 fully saturated rings. The molecule has 0 saturated heterocycles. The van der Waals surface area contributed by atoms with Crippen LogP contribution in [0.4, 0.5) is 13.2 Å². The Morgan fingerprint density at radius 2 is 1.75 bits per heavy atom. The number of ether oxygens (including phenoxy) is 1. The first-order valence-corrected chi connectivity index (χ1v) is 4.23. The number of halogens is 3. The van der Waals surface area contributed by atoms with Gasteiger partial charge in [-0.3, -0.25) is 4.74 Å². The second-order valence-corrected chi connectivity index (χ2v) is 3.36. The molecule has 0 bridgehead atoms. The smallest absolute Gasteiger partial charge is 0.288 e. The molecule has 72 valence electrons. The molecule has 0 heterocycles. The molecule has 0 spiro atoms. The van der Waals surface area contributed by atoms with Crippen LogP contribution in [-0.4, -0.2) is 12.5 Å². The fraction of sp³-hybridized carbons (Fsp3) is 1.00. The summed E-state index contributed by atoms with van der Waals surface area (Å²) in [4.78, 5) is 0.